The minimum Gasteiger partial charge on any atom is -0.386 e. The highest BCUT2D eigenvalue weighted by molar-refractivity contribution is 5.81. The van der Waals surface area contributed by atoms with Crippen LogP contribution in [0.25, 0.3) is 0 Å². The van der Waals surface area contributed by atoms with E-state index in [0.717, 1.165) is 5.57 Å². The monoisotopic (exact) mass is 197 g/mol. The van der Waals surface area contributed by atoms with Crippen molar-refractivity contribution in [1.29, 1.82) is 0 Å². The number of carbonyl (C=O) groups excluding carboxylic acids is 1. The molecule has 3 unspecified atom stereocenters. The number of nitrogens with two attached hydrogens (primary N) is 1. The van der Waals surface area contributed by atoms with Gasteiger partial charge in [0.1, 0.15) is 18.0 Å². The summed E-state index contributed by atoms with van der Waals surface area (Å²) in [4.78, 5) is 10.9. The minimum atomic E-state index is -0.894. The Kier molecular flexibility index (Phi) is 3.57. The lowest BCUT2D eigenvalue weighted by atomic mass is 9.96. The summed E-state index contributed by atoms with van der Waals surface area (Å²) in [5.74, 6) is -0.0834. The van der Waals surface area contributed by atoms with E-state index in [9.17, 15) is 9.90 Å². The van der Waals surface area contributed by atoms with Crippen molar-refractivity contribution in [3.63, 3.8) is 0 Å². The van der Waals surface area contributed by atoms with Crippen molar-refractivity contribution in [3.8, 4) is 0 Å². The summed E-state index contributed by atoms with van der Waals surface area (Å²) in [6, 6.07) is -0.534. The molecule has 0 spiro atoms. The molecule has 0 aromatic carbocycles. The molecule has 14 heavy (non-hydrogen) atoms. The number of hydrogen-bond donors (Lipinski definition) is 3. The number of Topliss-reactive ketones (excluding diaryl/α,β-unsaturated/α-hetero) is 1. The fraction of sp³-hybridized carbons (Fsp3) is 0.500. The first-order valence-electron chi connectivity index (χ1n) is 4.52. The number of aliphatic hydroxyl groups excluding tert-OH is 2. The Hall–Kier alpha value is -0.970. The van der Waals surface area contributed by atoms with E-state index in [1.807, 2.05) is 0 Å². The second-order valence-electron chi connectivity index (χ2n) is 3.50. The van der Waals surface area contributed by atoms with Gasteiger partial charge in [0.2, 0.25) is 0 Å². The molecule has 1 rings (SSSR count). The van der Waals surface area contributed by atoms with Gasteiger partial charge in [-0.3, -0.25) is 4.79 Å². The standard InChI is InChI=1S/C10H15NO3/c1-6(12)8(11)4-7-2-3-9(13)10(14)5-7/h2-3,5,8-10,13-14H,4,11H2,1H3. The van der Waals surface area contributed by atoms with Gasteiger partial charge in [-0.15, -0.1) is 0 Å². The normalized spacial score (nSPS) is 28.4. The van der Waals surface area contributed by atoms with E-state index in [2.05, 4.69) is 0 Å². The van der Waals surface area contributed by atoms with E-state index < -0.39 is 18.2 Å². The smallest absolute Gasteiger partial charge is 0.146 e. The van der Waals surface area contributed by atoms with Crippen LogP contribution in [-0.2, 0) is 4.79 Å². The Morgan fingerprint density at radius 1 is 1.57 bits per heavy atom. The molecule has 0 aromatic heterocycles. The molecule has 0 bridgehead atoms. The van der Waals surface area contributed by atoms with Crippen molar-refractivity contribution in [1.82, 2.24) is 0 Å². The molecule has 0 saturated carbocycles. The van der Waals surface area contributed by atoms with Crippen molar-refractivity contribution in [2.45, 2.75) is 31.6 Å². The Balaban J connectivity index is 2.59. The number of aliphatic hydroxyl groups is 2. The molecule has 4 nitrogen and oxygen atoms in total. The second kappa shape index (κ2) is 4.50. The van der Waals surface area contributed by atoms with Gasteiger partial charge < -0.3 is 15.9 Å². The predicted molar refractivity (Wildman–Crippen MR) is 52.5 cm³/mol. The van der Waals surface area contributed by atoms with Gasteiger partial charge in [-0.1, -0.05) is 12.2 Å². The topological polar surface area (TPSA) is 83.6 Å². The third kappa shape index (κ3) is 2.77. The number of carbonyl (C=O) groups is 1. The maximum Gasteiger partial charge on any atom is 0.146 e. The average molecular weight is 197 g/mol. The Morgan fingerprint density at radius 3 is 2.71 bits per heavy atom. The van der Waals surface area contributed by atoms with Crippen LogP contribution in [-0.4, -0.2) is 34.2 Å². The van der Waals surface area contributed by atoms with Gasteiger partial charge in [-0.2, -0.15) is 0 Å². The molecule has 78 valence electrons. The highest BCUT2D eigenvalue weighted by Crippen LogP contribution is 2.15. The summed E-state index contributed by atoms with van der Waals surface area (Å²) in [6.45, 7) is 1.43. The zero-order valence-corrected chi connectivity index (χ0v) is 8.05. The zero-order chi connectivity index (χ0) is 10.7. The Labute approximate surface area is 82.7 Å². The molecule has 1 aliphatic rings. The maximum absolute atomic E-state index is 10.9. The summed E-state index contributed by atoms with van der Waals surface area (Å²) in [5.41, 5.74) is 6.34. The number of allylic oxidation sites excluding steroid dienone is 1. The third-order valence-electron chi connectivity index (χ3n) is 2.22. The van der Waals surface area contributed by atoms with E-state index in [4.69, 9.17) is 10.8 Å². The second-order valence-corrected chi connectivity index (χ2v) is 3.50. The Bertz CT molecular complexity index is 283. The first kappa shape index (κ1) is 11.1. The highest BCUT2D eigenvalue weighted by Gasteiger charge is 2.17. The van der Waals surface area contributed by atoms with Gasteiger partial charge in [-0.05, 0) is 25.0 Å². The first-order chi connectivity index (χ1) is 6.50. The molecule has 0 amide bonds. The zero-order valence-electron chi connectivity index (χ0n) is 8.05. The van der Waals surface area contributed by atoms with Gasteiger partial charge in [-0.25, -0.2) is 0 Å². The summed E-state index contributed by atoms with van der Waals surface area (Å²) in [5, 5.41) is 18.5. The molecule has 0 aliphatic heterocycles. The van der Waals surface area contributed by atoms with Crippen LogP contribution in [0.15, 0.2) is 23.8 Å². The van der Waals surface area contributed by atoms with E-state index >= 15 is 0 Å². The molecule has 1 aliphatic carbocycles. The van der Waals surface area contributed by atoms with Crippen LogP contribution in [0.3, 0.4) is 0 Å². The summed E-state index contributed by atoms with van der Waals surface area (Å²) in [6.07, 6.45) is 3.34. The van der Waals surface area contributed by atoms with Crippen LogP contribution < -0.4 is 5.73 Å². The summed E-state index contributed by atoms with van der Waals surface area (Å²) >= 11 is 0. The van der Waals surface area contributed by atoms with Gasteiger partial charge in [0, 0.05) is 0 Å². The van der Waals surface area contributed by atoms with Crippen LogP contribution in [0.2, 0.25) is 0 Å². The molecule has 3 atom stereocenters. The van der Waals surface area contributed by atoms with Crippen molar-refractivity contribution >= 4 is 5.78 Å². The van der Waals surface area contributed by atoms with Gasteiger partial charge in [0.15, 0.2) is 0 Å². The predicted octanol–water partition coefficient (Wildman–Crippen LogP) is -0.489. The van der Waals surface area contributed by atoms with Crippen LogP contribution in [0.5, 0.6) is 0 Å². The quantitative estimate of drug-likeness (QED) is 0.570. The molecule has 0 saturated heterocycles. The van der Waals surface area contributed by atoms with E-state index in [-0.39, 0.29) is 5.78 Å². The van der Waals surface area contributed by atoms with Crippen molar-refractivity contribution in [3.05, 3.63) is 23.8 Å². The lowest BCUT2D eigenvalue weighted by molar-refractivity contribution is -0.118. The highest BCUT2D eigenvalue weighted by atomic mass is 16.3. The SMILES string of the molecule is CC(=O)C(N)CC1=CC(O)C(O)C=C1. The van der Waals surface area contributed by atoms with Crippen molar-refractivity contribution in [2.75, 3.05) is 0 Å². The molecule has 4 N–H and O–H groups in total. The van der Waals surface area contributed by atoms with Gasteiger partial charge >= 0.3 is 0 Å². The molecular weight excluding hydrogens is 182 g/mol. The van der Waals surface area contributed by atoms with E-state index in [0.29, 0.717) is 6.42 Å². The van der Waals surface area contributed by atoms with Crippen LogP contribution >= 0.6 is 0 Å². The van der Waals surface area contributed by atoms with E-state index in [1.165, 1.54) is 19.1 Å². The summed E-state index contributed by atoms with van der Waals surface area (Å²) in [7, 11) is 0. The molecular formula is C10H15NO3. The van der Waals surface area contributed by atoms with Crippen molar-refractivity contribution < 1.29 is 15.0 Å². The number of hydrogen-bond acceptors (Lipinski definition) is 4. The lowest BCUT2D eigenvalue weighted by Crippen LogP contribution is -2.30. The fourth-order valence-corrected chi connectivity index (χ4v) is 1.24. The molecule has 0 aromatic rings. The Morgan fingerprint density at radius 2 is 2.21 bits per heavy atom. The van der Waals surface area contributed by atoms with Crippen LogP contribution in [0, 0.1) is 0 Å². The molecule has 0 radical (unpaired) electrons. The molecule has 0 fully saturated rings. The van der Waals surface area contributed by atoms with Crippen LogP contribution in [0.1, 0.15) is 13.3 Å². The maximum atomic E-state index is 10.9. The van der Waals surface area contributed by atoms with Crippen molar-refractivity contribution in [2.24, 2.45) is 5.73 Å². The summed E-state index contributed by atoms with van der Waals surface area (Å²) < 4.78 is 0. The van der Waals surface area contributed by atoms with Gasteiger partial charge in [0.25, 0.3) is 0 Å². The largest absolute Gasteiger partial charge is 0.386 e. The van der Waals surface area contributed by atoms with Crippen LogP contribution in [0.4, 0.5) is 0 Å². The number of rotatable bonds is 3. The lowest BCUT2D eigenvalue weighted by Gasteiger charge is -2.18. The molecule has 4 heteroatoms. The molecule has 0 heterocycles. The third-order valence-corrected chi connectivity index (χ3v) is 2.22. The number of ketones is 1. The average Bonchev–Trinajstić information content (AvgIpc) is 2.11. The minimum absolute atomic E-state index is 0.0834. The van der Waals surface area contributed by atoms with E-state index in [1.54, 1.807) is 6.08 Å². The first-order valence-corrected chi connectivity index (χ1v) is 4.52. The van der Waals surface area contributed by atoms with Gasteiger partial charge in [0.05, 0.1) is 6.04 Å². The fourth-order valence-electron chi connectivity index (χ4n) is 1.24.